The van der Waals surface area contributed by atoms with Crippen LogP contribution in [0.1, 0.15) is 65.1 Å². The molecule has 1 saturated carbocycles. The molecule has 0 spiro atoms. The molecule has 1 heterocycles. The minimum Gasteiger partial charge on any atom is -0.466 e. The average Bonchev–Trinajstić information content (AvgIpc) is 2.61. The highest BCUT2D eigenvalue weighted by Gasteiger charge is 2.22. The quantitative estimate of drug-likeness (QED) is 0.887. The van der Waals surface area contributed by atoms with Gasteiger partial charge in [0.1, 0.15) is 17.6 Å². The normalized spacial score (nSPS) is 17.0. The minimum atomic E-state index is -0.595. The van der Waals surface area contributed by atoms with Crippen molar-refractivity contribution in [1.29, 1.82) is 0 Å². The van der Waals surface area contributed by atoms with Crippen LogP contribution < -0.4 is 0 Å². The molecule has 0 bridgehead atoms. The lowest BCUT2D eigenvalue weighted by Crippen LogP contribution is -2.09. The first-order chi connectivity index (χ1) is 9.58. The Labute approximate surface area is 120 Å². The fraction of sp³-hybridized carbons (Fsp3) is 0.444. The van der Waals surface area contributed by atoms with Crippen LogP contribution in [0.3, 0.4) is 0 Å². The Kier molecular flexibility index (Phi) is 3.43. The van der Waals surface area contributed by atoms with Crippen molar-refractivity contribution in [3.63, 3.8) is 0 Å². The predicted octanol–water partition coefficient (Wildman–Crippen LogP) is 4.55. The molecule has 20 heavy (non-hydrogen) atoms. The van der Waals surface area contributed by atoms with E-state index < -0.39 is 6.10 Å². The molecule has 1 aromatic heterocycles. The lowest BCUT2D eigenvalue weighted by Gasteiger charge is -2.26. The molecule has 1 atom stereocenters. The number of hydrogen-bond acceptors (Lipinski definition) is 2. The van der Waals surface area contributed by atoms with E-state index in [1.165, 1.54) is 24.8 Å². The molecule has 3 rings (SSSR count). The molecule has 2 heteroatoms. The summed E-state index contributed by atoms with van der Waals surface area (Å²) < 4.78 is 5.62. The average molecular weight is 270 g/mol. The second kappa shape index (κ2) is 5.10. The Morgan fingerprint density at radius 2 is 1.70 bits per heavy atom. The minimum absolute atomic E-state index is 0.595. The molecule has 0 saturated heterocycles. The van der Waals surface area contributed by atoms with Crippen molar-refractivity contribution in [2.24, 2.45) is 0 Å². The van der Waals surface area contributed by atoms with Crippen molar-refractivity contribution in [3.8, 4) is 0 Å². The van der Waals surface area contributed by atoms with Crippen LogP contribution in [0.2, 0.25) is 0 Å². The van der Waals surface area contributed by atoms with Gasteiger partial charge in [-0.1, -0.05) is 30.7 Å². The second-order valence-corrected chi connectivity index (χ2v) is 5.95. The maximum Gasteiger partial charge on any atom is 0.108 e. The van der Waals surface area contributed by atoms with Crippen LogP contribution in [0.4, 0.5) is 0 Å². The van der Waals surface area contributed by atoms with Crippen LogP contribution >= 0.6 is 0 Å². The molecule has 0 amide bonds. The number of rotatable bonds is 3. The van der Waals surface area contributed by atoms with Gasteiger partial charge >= 0.3 is 0 Å². The van der Waals surface area contributed by atoms with Gasteiger partial charge in [0.2, 0.25) is 0 Å². The van der Waals surface area contributed by atoms with Crippen molar-refractivity contribution >= 4 is 0 Å². The zero-order chi connectivity index (χ0) is 14.3. The van der Waals surface area contributed by atoms with Gasteiger partial charge in [0.05, 0.1) is 0 Å². The summed E-state index contributed by atoms with van der Waals surface area (Å²) in [6.45, 7) is 5.87. The van der Waals surface area contributed by atoms with Crippen LogP contribution in [-0.2, 0) is 0 Å². The third-order valence-corrected chi connectivity index (χ3v) is 4.72. The number of aliphatic hydroxyl groups excluding tert-OH is 1. The van der Waals surface area contributed by atoms with E-state index in [1.54, 1.807) is 0 Å². The molecule has 1 aliphatic rings. The molecule has 0 radical (unpaired) electrons. The highest BCUT2D eigenvalue weighted by molar-refractivity contribution is 5.40. The fourth-order valence-electron chi connectivity index (χ4n) is 3.07. The van der Waals surface area contributed by atoms with E-state index in [0.717, 1.165) is 34.1 Å². The lowest BCUT2D eigenvalue weighted by molar-refractivity contribution is 0.217. The van der Waals surface area contributed by atoms with E-state index in [0.29, 0.717) is 0 Å². The van der Waals surface area contributed by atoms with Crippen molar-refractivity contribution in [1.82, 2.24) is 0 Å². The lowest BCUT2D eigenvalue weighted by atomic mass is 9.80. The highest BCUT2D eigenvalue weighted by atomic mass is 16.3. The van der Waals surface area contributed by atoms with Gasteiger partial charge in [0.15, 0.2) is 0 Å². The number of aliphatic hydroxyl groups is 1. The largest absolute Gasteiger partial charge is 0.466 e. The van der Waals surface area contributed by atoms with Gasteiger partial charge in [-0.15, -0.1) is 0 Å². The summed E-state index contributed by atoms with van der Waals surface area (Å²) >= 11 is 0. The standard InChI is InChI=1S/C18H22O2/c1-11-12(2)20-13(3)17(11)18(19)16-9-7-15(8-10-16)14-5-4-6-14/h7-10,14,18-19H,4-6H2,1-3H3. The van der Waals surface area contributed by atoms with Gasteiger partial charge in [-0.25, -0.2) is 0 Å². The van der Waals surface area contributed by atoms with Crippen molar-refractivity contribution in [2.45, 2.75) is 52.1 Å². The molecule has 1 fully saturated rings. The third kappa shape index (κ3) is 2.18. The fourth-order valence-corrected chi connectivity index (χ4v) is 3.07. The van der Waals surface area contributed by atoms with Crippen LogP contribution in [0.25, 0.3) is 0 Å². The number of benzene rings is 1. The van der Waals surface area contributed by atoms with Crippen LogP contribution in [-0.4, -0.2) is 5.11 Å². The van der Waals surface area contributed by atoms with Gasteiger partial charge in [-0.2, -0.15) is 0 Å². The summed E-state index contributed by atoms with van der Waals surface area (Å²) in [5.74, 6) is 2.44. The van der Waals surface area contributed by atoms with E-state index in [-0.39, 0.29) is 0 Å². The Hall–Kier alpha value is -1.54. The van der Waals surface area contributed by atoms with E-state index in [1.807, 2.05) is 20.8 Å². The van der Waals surface area contributed by atoms with Crippen molar-refractivity contribution in [3.05, 3.63) is 58.0 Å². The SMILES string of the molecule is Cc1oc(C)c(C(O)c2ccc(C3CCC3)cc2)c1C. The van der Waals surface area contributed by atoms with Crippen LogP contribution in [0.5, 0.6) is 0 Å². The molecule has 2 aromatic rings. The molecule has 1 aromatic carbocycles. The smallest absolute Gasteiger partial charge is 0.108 e. The van der Waals surface area contributed by atoms with Crippen molar-refractivity contribution < 1.29 is 9.52 Å². The van der Waals surface area contributed by atoms with Gasteiger partial charge in [-0.3, -0.25) is 0 Å². The summed E-state index contributed by atoms with van der Waals surface area (Å²) in [4.78, 5) is 0. The number of aryl methyl sites for hydroxylation is 2. The Morgan fingerprint density at radius 3 is 2.15 bits per heavy atom. The van der Waals surface area contributed by atoms with Gasteiger partial charge in [0.25, 0.3) is 0 Å². The zero-order valence-corrected chi connectivity index (χ0v) is 12.4. The third-order valence-electron chi connectivity index (χ3n) is 4.72. The maximum absolute atomic E-state index is 10.6. The number of hydrogen-bond donors (Lipinski definition) is 1. The van der Waals surface area contributed by atoms with Gasteiger partial charge in [0, 0.05) is 5.56 Å². The Balaban J connectivity index is 1.88. The number of furan rings is 1. The molecule has 1 N–H and O–H groups in total. The van der Waals surface area contributed by atoms with Gasteiger partial charge < -0.3 is 9.52 Å². The maximum atomic E-state index is 10.6. The summed E-state index contributed by atoms with van der Waals surface area (Å²) in [6, 6.07) is 8.44. The monoisotopic (exact) mass is 270 g/mol. The summed E-state index contributed by atoms with van der Waals surface area (Å²) in [5, 5.41) is 10.6. The first-order valence-corrected chi connectivity index (χ1v) is 7.42. The topological polar surface area (TPSA) is 33.4 Å². The predicted molar refractivity (Wildman–Crippen MR) is 80.0 cm³/mol. The van der Waals surface area contributed by atoms with Crippen LogP contribution in [0, 0.1) is 20.8 Å². The summed E-state index contributed by atoms with van der Waals surface area (Å²) in [5.41, 5.74) is 4.32. The summed E-state index contributed by atoms with van der Waals surface area (Å²) in [6.07, 6.45) is 3.37. The Morgan fingerprint density at radius 1 is 1.05 bits per heavy atom. The van der Waals surface area contributed by atoms with Crippen molar-refractivity contribution in [2.75, 3.05) is 0 Å². The highest BCUT2D eigenvalue weighted by Crippen LogP contribution is 2.37. The molecule has 1 aliphatic carbocycles. The molecular formula is C18H22O2. The molecule has 1 unspecified atom stereocenters. The van der Waals surface area contributed by atoms with E-state index >= 15 is 0 Å². The molecule has 0 aliphatic heterocycles. The van der Waals surface area contributed by atoms with E-state index in [9.17, 15) is 5.11 Å². The zero-order valence-electron chi connectivity index (χ0n) is 12.4. The molecular weight excluding hydrogens is 248 g/mol. The van der Waals surface area contributed by atoms with Crippen LogP contribution in [0.15, 0.2) is 28.7 Å². The van der Waals surface area contributed by atoms with E-state index in [2.05, 4.69) is 24.3 Å². The first-order valence-electron chi connectivity index (χ1n) is 7.42. The molecule has 106 valence electrons. The summed E-state index contributed by atoms with van der Waals surface area (Å²) in [7, 11) is 0. The molecule has 2 nitrogen and oxygen atoms in total. The van der Waals surface area contributed by atoms with Gasteiger partial charge in [-0.05, 0) is 56.2 Å². The van der Waals surface area contributed by atoms with E-state index in [4.69, 9.17) is 4.42 Å². The first kappa shape index (κ1) is 13.4. The second-order valence-electron chi connectivity index (χ2n) is 5.95. The Bertz CT molecular complexity index is 603.